The lowest BCUT2D eigenvalue weighted by Crippen LogP contribution is -2.58. The lowest BCUT2D eigenvalue weighted by Gasteiger charge is -2.39. The Kier molecular flexibility index (Phi) is 8.51. The average molecular weight is 587 g/mol. The number of anilines is 1. The summed E-state index contributed by atoms with van der Waals surface area (Å²) in [5.74, 6) is 0.182. The van der Waals surface area contributed by atoms with E-state index in [4.69, 9.17) is 14.2 Å². The first kappa shape index (κ1) is 29.0. The van der Waals surface area contributed by atoms with E-state index < -0.39 is 30.7 Å². The molecule has 2 aromatic carbocycles. The molecule has 0 spiro atoms. The standard InChI is InChI=1S/C31H34N6O6/c1-41-31-29(40)28(39)27(38)26(43-31)17-37-16-22(34-35-37)18-42-30-25(15-32)24(9-10-33-30)21-6-5-20-14-23(8-7-19(20)13-21)36-11-3-2-4-12-36/h5-10,13-14,16,26-29,31,38-40H,2-4,11-12,17-18H2,1H3/t26-,27-,28+,29?,31+/m1/s1. The van der Waals surface area contributed by atoms with Crippen molar-refractivity contribution < 1.29 is 29.5 Å². The molecule has 0 amide bonds. The Morgan fingerprint density at radius 2 is 1.79 bits per heavy atom. The molecule has 2 aliphatic heterocycles. The minimum atomic E-state index is -1.43. The summed E-state index contributed by atoms with van der Waals surface area (Å²) in [6, 6.07) is 16.7. The van der Waals surface area contributed by atoms with Crippen LogP contribution in [0.15, 0.2) is 54.9 Å². The van der Waals surface area contributed by atoms with Crippen LogP contribution in [0, 0.1) is 11.3 Å². The number of hydrogen-bond acceptors (Lipinski definition) is 11. The highest BCUT2D eigenvalue weighted by Gasteiger charge is 2.44. The van der Waals surface area contributed by atoms with Crippen molar-refractivity contribution in [2.24, 2.45) is 0 Å². The van der Waals surface area contributed by atoms with Gasteiger partial charge in [0.1, 0.15) is 48.3 Å². The number of nitriles is 1. The number of nitrogens with zero attached hydrogens (tertiary/aromatic N) is 6. The van der Waals surface area contributed by atoms with Crippen LogP contribution in [0.3, 0.4) is 0 Å². The number of aliphatic hydroxyl groups is 3. The second kappa shape index (κ2) is 12.6. The number of ether oxygens (including phenoxy) is 3. The molecule has 5 atom stereocenters. The highest BCUT2D eigenvalue weighted by atomic mass is 16.7. The van der Waals surface area contributed by atoms with Crippen molar-refractivity contribution >= 4 is 16.5 Å². The Morgan fingerprint density at radius 3 is 2.58 bits per heavy atom. The number of rotatable bonds is 8. The highest BCUT2D eigenvalue weighted by Crippen LogP contribution is 2.33. The molecule has 0 saturated carbocycles. The van der Waals surface area contributed by atoms with Gasteiger partial charge >= 0.3 is 0 Å². The Bertz CT molecular complexity index is 1610. The van der Waals surface area contributed by atoms with Gasteiger partial charge in [-0.05, 0) is 59.9 Å². The van der Waals surface area contributed by atoms with Gasteiger partial charge in [0.2, 0.25) is 5.88 Å². The Balaban J connectivity index is 1.15. The van der Waals surface area contributed by atoms with Crippen LogP contribution in [-0.4, -0.2) is 86.2 Å². The van der Waals surface area contributed by atoms with Crippen LogP contribution in [0.5, 0.6) is 5.88 Å². The van der Waals surface area contributed by atoms with Gasteiger partial charge in [0.15, 0.2) is 6.29 Å². The van der Waals surface area contributed by atoms with Crippen LogP contribution in [-0.2, 0) is 22.6 Å². The lowest BCUT2D eigenvalue weighted by atomic mass is 9.98. The Morgan fingerprint density at radius 1 is 1.00 bits per heavy atom. The summed E-state index contributed by atoms with van der Waals surface area (Å²) in [6.45, 7) is 2.23. The number of aliphatic hydroxyl groups excluding tert-OH is 3. The normalized spacial score (nSPS) is 24.2. The summed E-state index contributed by atoms with van der Waals surface area (Å²) >= 11 is 0. The molecular formula is C31H34N6O6. The molecule has 224 valence electrons. The molecule has 0 aliphatic carbocycles. The van der Waals surface area contributed by atoms with Crippen LogP contribution in [0.4, 0.5) is 5.69 Å². The molecule has 0 radical (unpaired) electrons. The van der Waals surface area contributed by atoms with Crippen molar-refractivity contribution in [1.82, 2.24) is 20.0 Å². The first-order valence-corrected chi connectivity index (χ1v) is 14.4. The second-order valence-corrected chi connectivity index (χ2v) is 10.9. The quantitative estimate of drug-likeness (QED) is 0.278. The van der Waals surface area contributed by atoms with Gasteiger partial charge in [-0.25, -0.2) is 9.67 Å². The fourth-order valence-corrected chi connectivity index (χ4v) is 5.73. The van der Waals surface area contributed by atoms with Gasteiger partial charge < -0.3 is 34.4 Å². The summed E-state index contributed by atoms with van der Waals surface area (Å²) in [5.41, 5.74) is 3.62. The maximum atomic E-state index is 10.3. The number of benzene rings is 2. The molecule has 6 rings (SSSR count). The van der Waals surface area contributed by atoms with Crippen molar-refractivity contribution in [2.45, 2.75) is 63.1 Å². The van der Waals surface area contributed by atoms with Crippen molar-refractivity contribution in [1.29, 1.82) is 5.26 Å². The van der Waals surface area contributed by atoms with E-state index >= 15 is 0 Å². The first-order valence-electron chi connectivity index (χ1n) is 14.4. The molecule has 12 heteroatoms. The maximum absolute atomic E-state index is 10.3. The van der Waals surface area contributed by atoms with Crippen molar-refractivity contribution in [3.8, 4) is 23.1 Å². The summed E-state index contributed by atoms with van der Waals surface area (Å²) in [6.07, 6.45) is 0.834. The molecule has 3 N–H and O–H groups in total. The molecule has 12 nitrogen and oxygen atoms in total. The zero-order valence-electron chi connectivity index (χ0n) is 23.8. The molecule has 43 heavy (non-hydrogen) atoms. The molecule has 4 aromatic rings. The third-order valence-electron chi connectivity index (χ3n) is 8.09. The molecule has 1 unspecified atom stereocenters. The SMILES string of the molecule is CO[C@H]1O[C@H](Cn2cc(COc3nccc(-c4ccc5cc(N6CCCCC6)ccc5c4)c3C#N)nn2)[C@@H](O)[C@H](O)C1O. The Hall–Kier alpha value is -4.12. The van der Waals surface area contributed by atoms with Gasteiger partial charge in [0, 0.05) is 37.6 Å². The van der Waals surface area contributed by atoms with Gasteiger partial charge in [-0.1, -0.05) is 23.4 Å². The molecule has 2 aromatic heterocycles. The topological polar surface area (TPSA) is 159 Å². The monoisotopic (exact) mass is 586 g/mol. The predicted octanol–water partition coefficient (Wildman–Crippen LogP) is 2.39. The number of hydrogen-bond donors (Lipinski definition) is 3. The summed E-state index contributed by atoms with van der Waals surface area (Å²) in [4.78, 5) is 6.74. The number of piperidine rings is 1. The van der Waals surface area contributed by atoms with E-state index in [0.29, 0.717) is 11.3 Å². The van der Waals surface area contributed by atoms with Gasteiger partial charge in [0.05, 0.1) is 12.7 Å². The van der Waals surface area contributed by atoms with E-state index in [2.05, 4.69) is 56.6 Å². The van der Waals surface area contributed by atoms with E-state index in [9.17, 15) is 20.6 Å². The number of pyridine rings is 1. The van der Waals surface area contributed by atoms with E-state index in [1.54, 1.807) is 18.5 Å². The predicted molar refractivity (Wildman–Crippen MR) is 156 cm³/mol. The maximum Gasteiger partial charge on any atom is 0.232 e. The summed E-state index contributed by atoms with van der Waals surface area (Å²) in [5, 5.41) is 50.8. The van der Waals surface area contributed by atoms with Gasteiger partial charge in [-0.3, -0.25) is 0 Å². The van der Waals surface area contributed by atoms with Crippen molar-refractivity contribution in [3.05, 3.63) is 66.1 Å². The number of aromatic nitrogens is 4. The highest BCUT2D eigenvalue weighted by molar-refractivity contribution is 5.90. The van der Waals surface area contributed by atoms with Crippen LogP contribution >= 0.6 is 0 Å². The fraction of sp³-hybridized carbons (Fsp3) is 0.419. The summed E-state index contributed by atoms with van der Waals surface area (Å²) in [7, 11) is 1.34. The van der Waals surface area contributed by atoms with E-state index in [0.717, 1.165) is 35.0 Å². The minimum Gasteiger partial charge on any atom is -0.470 e. The van der Waals surface area contributed by atoms with Crippen molar-refractivity contribution in [3.63, 3.8) is 0 Å². The third kappa shape index (κ3) is 6.04. The van der Waals surface area contributed by atoms with Crippen molar-refractivity contribution in [2.75, 3.05) is 25.1 Å². The van der Waals surface area contributed by atoms with E-state index in [1.807, 2.05) is 6.07 Å². The number of fused-ring (bicyclic) bond motifs is 1. The van der Waals surface area contributed by atoms with Crippen LogP contribution in [0.2, 0.25) is 0 Å². The van der Waals surface area contributed by atoms with Gasteiger partial charge in [-0.15, -0.1) is 5.10 Å². The fourth-order valence-electron chi connectivity index (χ4n) is 5.73. The molecule has 2 aliphatic rings. The number of methoxy groups -OCH3 is 1. The van der Waals surface area contributed by atoms with Gasteiger partial charge in [-0.2, -0.15) is 5.26 Å². The smallest absolute Gasteiger partial charge is 0.232 e. The zero-order valence-corrected chi connectivity index (χ0v) is 23.8. The Labute approximate surface area is 248 Å². The average Bonchev–Trinajstić information content (AvgIpc) is 3.50. The van der Waals surface area contributed by atoms with E-state index in [-0.39, 0.29) is 19.0 Å². The summed E-state index contributed by atoms with van der Waals surface area (Å²) < 4.78 is 18.0. The molecule has 2 saturated heterocycles. The van der Waals surface area contributed by atoms with E-state index in [1.165, 1.54) is 36.7 Å². The van der Waals surface area contributed by atoms with Crippen LogP contribution < -0.4 is 9.64 Å². The minimum absolute atomic E-state index is 0.00174. The molecular weight excluding hydrogens is 552 g/mol. The molecule has 2 fully saturated rings. The largest absolute Gasteiger partial charge is 0.470 e. The second-order valence-electron chi connectivity index (χ2n) is 10.9. The first-order chi connectivity index (χ1) is 20.9. The van der Waals surface area contributed by atoms with Crippen LogP contribution in [0.1, 0.15) is 30.5 Å². The lowest BCUT2D eigenvalue weighted by molar-refractivity contribution is -0.292. The zero-order chi connectivity index (χ0) is 29.9. The third-order valence-corrected chi connectivity index (χ3v) is 8.09. The molecule has 4 heterocycles. The van der Waals surface area contributed by atoms with Crippen LogP contribution in [0.25, 0.3) is 21.9 Å². The molecule has 0 bridgehead atoms. The van der Waals surface area contributed by atoms with Gasteiger partial charge in [0.25, 0.3) is 0 Å².